The molecule has 1 atom stereocenters. The van der Waals surface area contributed by atoms with Crippen molar-refractivity contribution >= 4 is 17.4 Å². The van der Waals surface area contributed by atoms with Crippen LogP contribution in [-0.2, 0) is 0 Å². The fourth-order valence-corrected chi connectivity index (χ4v) is 2.41. The largest absolute Gasteiger partial charge is 0.497 e. The number of methoxy groups -OCH3 is 1. The number of thioether (sulfide) groups is 1. The zero-order chi connectivity index (χ0) is 13.9. The minimum absolute atomic E-state index is 0.148. The molecule has 6 heteroatoms. The summed E-state index contributed by atoms with van der Waals surface area (Å²) < 4.78 is 18.6. The van der Waals surface area contributed by atoms with Gasteiger partial charge in [-0.05, 0) is 5.92 Å². The average molecular weight is 273 g/mol. The second-order valence-electron chi connectivity index (χ2n) is 4.28. The summed E-state index contributed by atoms with van der Waals surface area (Å²) in [4.78, 5) is 10.5. The summed E-state index contributed by atoms with van der Waals surface area (Å²) in [5.74, 6) is -0.238. The van der Waals surface area contributed by atoms with E-state index in [4.69, 9.17) is 4.74 Å². The van der Waals surface area contributed by atoms with Gasteiger partial charge in [-0.15, -0.1) is 11.8 Å². The number of hydrogen-bond acceptors (Lipinski definition) is 4. The highest BCUT2D eigenvalue weighted by molar-refractivity contribution is 8.00. The minimum atomic E-state index is -0.863. The highest BCUT2D eigenvalue weighted by Gasteiger charge is 2.24. The van der Waals surface area contributed by atoms with E-state index in [2.05, 4.69) is 0 Å². The van der Waals surface area contributed by atoms with Crippen LogP contribution in [0.25, 0.3) is 0 Å². The van der Waals surface area contributed by atoms with Crippen LogP contribution < -0.4 is 4.74 Å². The maximum atomic E-state index is 13.7. The van der Waals surface area contributed by atoms with Crippen molar-refractivity contribution in [3.8, 4) is 5.75 Å². The first-order valence-electron chi connectivity index (χ1n) is 5.55. The molecule has 1 aromatic carbocycles. The van der Waals surface area contributed by atoms with Crippen LogP contribution in [0, 0.1) is 21.8 Å². The molecule has 1 rings (SSSR count). The topological polar surface area (TPSA) is 52.4 Å². The van der Waals surface area contributed by atoms with Crippen LogP contribution in [-0.4, -0.2) is 17.3 Å². The van der Waals surface area contributed by atoms with Crippen molar-refractivity contribution in [1.29, 1.82) is 0 Å². The van der Waals surface area contributed by atoms with Crippen LogP contribution in [0.1, 0.15) is 20.8 Å². The summed E-state index contributed by atoms with van der Waals surface area (Å²) >= 11 is 1.29. The van der Waals surface area contributed by atoms with Gasteiger partial charge in [-0.25, -0.2) is 0 Å². The first-order chi connectivity index (χ1) is 8.36. The molecular weight excluding hydrogens is 257 g/mol. The van der Waals surface area contributed by atoms with Gasteiger partial charge in [-0.2, -0.15) is 4.39 Å². The van der Waals surface area contributed by atoms with Gasteiger partial charge in [0.05, 0.1) is 16.9 Å². The van der Waals surface area contributed by atoms with Gasteiger partial charge in [0.25, 0.3) is 0 Å². The number of nitro benzene ring substituents is 1. The van der Waals surface area contributed by atoms with E-state index in [0.29, 0.717) is 10.8 Å². The highest BCUT2D eigenvalue weighted by Crippen LogP contribution is 2.38. The predicted molar refractivity (Wildman–Crippen MR) is 69.8 cm³/mol. The molecule has 100 valence electrons. The molecule has 0 amide bonds. The quantitative estimate of drug-likeness (QED) is 0.464. The number of nitro groups is 1. The normalized spacial score (nSPS) is 12.6. The molecule has 0 aliphatic carbocycles. The van der Waals surface area contributed by atoms with E-state index < -0.39 is 16.4 Å². The lowest BCUT2D eigenvalue weighted by molar-refractivity contribution is -0.390. The molecule has 0 N–H and O–H groups in total. The van der Waals surface area contributed by atoms with E-state index in [-0.39, 0.29) is 11.0 Å². The van der Waals surface area contributed by atoms with Gasteiger partial charge < -0.3 is 4.74 Å². The lowest BCUT2D eigenvalue weighted by Gasteiger charge is -2.15. The number of halogens is 1. The number of hydrogen-bond donors (Lipinski definition) is 0. The van der Waals surface area contributed by atoms with E-state index in [0.717, 1.165) is 6.07 Å². The molecule has 0 heterocycles. The summed E-state index contributed by atoms with van der Waals surface area (Å²) in [7, 11) is 1.40. The number of benzene rings is 1. The zero-order valence-electron chi connectivity index (χ0n) is 10.8. The van der Waals surface area contributed by atoms with E-state index >= 15 is 0 Å². The number of nitrogens with zero attached hydrogens (tertiary/aromatic N) is 1. The molecule has 4 nitrogen and oxygen atoms in total. The Kier molecular flexibility index (Phi) is 4.95. The van der Waals surface area contributed by atoms with Crippen LogP contribution in [0.4, 0.5) is 10.1 Å². The van der Waals surface area contributed by atoms with Gasteiger partial charge >= 0.3 is 5.69 Å². The third kappa shape index (κ3) is 3.35. The van der Waals surface area contributed by atoms with Crippen LogP contribution in [0.2, 0.25) is 0 Å². The van der Waals surface area contributed by atoms with E-state index in [1.54, 1.807) is 0 Å². The molecule has 0 spiro atoms. The molecule has 1 aromatic rings. The van der Waals surface area contributed by atoms with Crippen LogP contribution in [0.5, 0.6) is 5.75 Å². The molecule has 0 aromatic heterocycles. The molecule has 0 aliphatic heterocycles. The van der Waals surface area contributed by atoms with Gasteiger partial charge in [-0.3, -0.25) is 10.1 Å². The minimum Gasteiger partial charge on any atom is -0.497 e. The Morgan fingerprint density at radius 2 is 2.00 bits per heavy atom. The Morgan fingerprint density at radius 1 is 1.39 bits per heavy atom. The zero-order valence-corrected chi connectivity index (χ0v) is 11.6. The lowest BCUT2D eigenvalue weighted by Crippen LogP contribution is -2.06. The van der Waals surface area contributed by atoms with Crippen molar-refractivity contribution in [2.24, 2.45) is 5.92 Å². The lowest BCUT2D eigenvalue weighted by atomic mass is 10.2. The maximum Gasteiger partial charge on any atom is 0.318 e. The standard InChI is InChI=1S/C12H16FNO3S/c1-7(2)8(3)18-11-6-9(17-4)5-10(13)12(11)14(15)16/h5-8H,1-4H3. The van der Waals surface area contributed by atoms with Crippen molar-refractivity contribution in [1.82, 2.24) is 0 Å². The Morgan fingerprint density at radius 3 is 2.44 bits per heavy atom. The van der Waals surface area contributed by atoms with Crippen LogP contribution in [0.15, 0.2) is 17.0 Å². The Hall–Kier alpha value is -1.30. The van der Waals surface area contributed by atoms with Crippen molar-refractivity contribution in [3.05, 3.63) is 28.1 Å². The highest BCUT2D eigenvalue weighted by atomic mass is 32.2. The van der Waals surface area contributed by atoms with Crippen molar-refractivity contribution in [3.63, 3.8) is 0 Å². The molecule has 18 heavy (non-hydrogen) atoms. The molecule has 0 saturated heterocycles. The van der Waals surface area contributed by atoms with Crippen molar-refractivity contribution < 1.29 is 14.1 Å². The summed E-state index contributed by atoms with van der Waals surface area (Å²) in [5.41, 5.74) is -0.478. The van der Waals surface area contributed by atoms with E-state index in [9.17, 15) is 14.5 Å². The van der Waals surface area contributed by atoms with Crippen molar-refractivity contribution in [2.75, 3.05) is 7.11 Å². The molecule has 0 aliphatic rings. The van der Waals surface area contributed by atoms with E-state index in [1.807, 2.05) is 20.8 Å². The second kappa shape index (κ2) is 6.04. The summed E-state index contributed by atoms with van der Waals surface area (Å²) in [6.07, 6.45) is 0. The fourth-order valence-electron chi connectivity index (χ4n) is 1.27. The molecule has 0 fully saturated rings. The first-order valence-corrected chi connectivity index (χ1v) is 6.43. The second-order valence-corrected chi connectivity index (χ2v) is 5.70. The van der Waals surface area contributed by atoms with Crippen LogP contribution in [0.3, 0.4) is 0 Å². The predicted octanol–water partition coefficient (Wildman–Crippen LogP) is 3.88. The Labute approximate surface area is 110 Å². The fraction of sp³-hybridized carbons (Fsp3) is 0.500. The van der Waals surface area contributed by atoms with Gasteiger partial charge in [-0.1, -0.05) is 20.8 Å². The summed E-state index contributed by atoms with van der Waals surface area (Å²) in [5, 5.41) is 11.1. The summed E-state index contributed by atoms with van der Waals surface area (Å²) in [6.45, 7) is 5.98. The van der Waals surface area contributed by atoms with Gasteiger partial charge in [0, 0.05) is 17.4 Å². The van der Waals surface area contributed by atoms with Crippen molar-refractivity contribution in [2.45, 2.75) is 30.9 Å². The third-order valence-corrected chi connectivity index (χ3v) is 4.15. The number of ether oxygens (including phenoxy) is 1. The average Bonchev–Trinajstić information content (AvgIpc) is 2.27. The smallest absolute Gasteiger partial charge is 0.318 e. The van der Waals surface area contributed by atoms with Gasteiger partial charge in [0.2, 0.25) is 5.82 Å². The van der Waals surface area contributed by atoms with Gasteiger partial charge in [0.1, 0.15) is 5.75 Å². The first kappa shape index (κ1) is 14.8. The molecule has 1 unspecified atom stereocenters. The monoisotopic (exact) mass is 273 g/mol. The van der Waals surface area contributed by atoms with Gasteiger partial charge in [0.15, 0.2) is 0 Å². The Balaban J connectivity index is 3.21. The SMILES string of the molecule is COc1cc(F)c([N+](=O)[O-])c(SC(C)C(C)C)c1. The molecule has 0 saturated carbocycles. The Bertz CT molecular complexity index is 451. The maximum absolute atomic E-state index is 13.7. The number of rotatable bonds is 5. The third-order valence-electron chi connectivity index (χ3n) is 2.67. The summed E-state index contributed by atoms with van der Waals surface area (Å²) in [6, 6.07) is 2.53. The molecule has 0 bridgehead atoms. The molecule has 0 radical (unpaired) electrons. The van der Waals surface area contributed by atoms with E-state index in [1.165, 1.54) is 24.9 Å². The van der Waals surface area contributed by atoms with Crippen LogP contribution >= 0.6 is 11.8 Å². The molecular formula is C12H16FNO3S.